The van der Waals surface area contributed by atoms with E-state index in [1.165, 1.54) is 4.88 Å². The van der Waals surface area contributed by atoms with Gasteiger partial charge in [0.2, 0.25) is 0 Å². The number of halogens is 1. The Hall–Kier alpha value is -2.84. The highest BCUT2D eigenvalue weighted by Crippen LogP contribution is 2.34. The standard InChI is InChI=1S/C28H32BrN3O3S/c1-17-8-10-20(31-21-15-32(16-21)27(34)35-28(3,4)5)14-22(17)26(33)30-18(2)19-9-11-24(29)23(13-19)25-7-6-12-36-25/h6-14,18,21,31H,15-16H2,1-5H3,(H,30,33). The van der Waals surface area contributed by atoms with Crippen molar-refractivity contribution in [2.75, 3.05) is 18.4 Å². The molecule has 36 heavy (non-hydrogen) atoms. The summed E-state index contributed by atoms with van der Waals surface area (Å²) in [7, 11) is 0. The van der Waals surface area contributed by atoms with E-state index in [-0.39, 0.29) is 24.1 Å². The zero-order valence-electron chi connectivity index (χ0n) is 21.2. The Bertz CT molecular complexity index is 1250. The zero-order chi connectivity index (χ0) is 26.0. The number of ether oxygens (including phenoxy) is 1. The molecule has 2 heterocycles. The van der Waals surface area contributed by atoms with Crippen molar-refractivity contribution in [3.8, 4) is 10.4 Å². The highest BCUT2D eigenvalue weighted by atomic mass is 79.9. The normalized spacial score (nSPS) is 14.7. The lowest BCUT2D eigenvalue weighted by molar-refractivity contribution is 0.0105. The van der Waals surface area contributed by atoms with Gasteiger partial charge in [-0.15, -0.1) is 11.3 Å². The van der Waals surface area contributed by atoms with Gasteiger partial charge in [0.05, 0.1) is 12.1 Å². The lowest BCUT2D eigenvalue weighted by atomic mass is 10.0. The van der Waals surface area contributed by atoms with Gasteiger partial charge in [0.25, 0.3) is 5.91 Å². The van der Waals surface area contributed by atoms with E-state index in [2.05, 4.69) is 44.1 Å². The average molecular weight is 571 g/mol. The molecule has 1 saturated heterocycles. The Morgan fingerprint density at radius 2 is 1.89 bits per heavy atom. The maximum Gasteiger partial charge on any atom is 0.410 e. The monoisotopic (exact) mass is 569 g/mol. The molecule has 2 aromatic carbocycles. The number of nitrogens with zero attached hydrogens (tertiary/aromatic N) is 1. The van der Waals surface area contributed by atoms with Crippen molar-refractivity contribution < 1.29 is 14.3 Å². The quantitative estimate of drug-likeness (QED) is 0.335. The Labute approximate surface area is 225 Å². The SMILES string of the molecule is Cc1ccc(NC2CN(C(=O)OC(C)(C)C)C2)cc1C(=O)NC(C)c1ccc(Br)c(-c2cccs2)c1. The molecule has 6 nitrogen and oxygen atoms in total. The zero-order valence-corrected chi connectivity index (χ0v) is 23.6. The molecule has 3 aromatic rings. The number of likely N-dealkylation sites (tertiary alicyclic amines) is 1. The van der Waals surface area contributed by atoms with E-state index in [1.54, 1.807) is 16.2 Å². The second-order valence-electron chi connectivity index (χ2n) is 10.2. The maximum absolute atomic E-state index is 13.2. The highest BCUT2D eigenvalue weighted by Gasteiger charge is 2.33. The Balaban J connectivity index is 1.39. The molecule has 2 amide bonds. The number of hydrogen-bond acceptors (Lipinski definition) is 5. The summed E-state index contributed by atoms with van der Waals surface area (Å²) < 4.78 is 6.45. The molecule has 0 saturated carbocycles. The van der Waals surface area contributed by atoms with Gasteiger partial charge in [-0.25, -0.2) is 4.79 Å². The van der Waals surface area contributed by atoms with Crippen LogP contribution in [0.2, 0.25) is 0 Å². The first-order valence-electron chi connectivity index (χ1n) is 12.0. The minimum atomic E-state index is -0.506. The molecule has 0 spiro atoms. The molecule has 2 N–H and O–H groups in total. The highest BCUT2D eigenvalue weighted by molar-refractivity contribution is 9.10. The van der Waals surface area contributed by atoms with Gasteiger partial charge in [0.1, 0.15) is 5.60 Å². The molecule has 0 radical (unpaired) electrons. The minimum Gasteiger partial charge on any atom is -0.444 e. The third-order valence-electron chi connectivity index (χ3n) is 6.01. The van der Waals surface area contributed by atoms with Crippen LogP contribution in [0.15, 0.2) is 58.4 Å². The molecule has 1 aliphatic heterocycles. The van der Waals surface area contributed by atoms with Crippen LogP contribution in [0.25, 0.3) is 10.4 Å². The fourth-order valence-electron chi connectivity index (χ4n) is 4.03. The maximum atomic E-state index is 13.2. The van der Waals surface area contributed by atoms with E-state index in [0.717, 1.165) is 26.9 Å². The Kier molecular flexibility index (Phi) is 7.76. The second-order valence-corrected chi connectivity index (χ2v) is 12.0. The van der Waals surface area contributed by atoms with Crippen LogP contribution in [0.1, 0.15) is 55.2 Å². The molecule has 190 valence electrons. The number of aryl methyl sites for hydroxylation is 1. The summed E-state index contributed by atoms with van der Waals surface area (Å²) in [5.41, 5.74) is 4.05. The molecular weight excluding hydrogens is 538 g/mol. The van der Waals surface area contributed by atoms with Crippen LogP contribution >= 0.6 is 27.3 Å². The third kappa shape index (κ3) is 6.28. The van der Waals surface area contributed by atoms with Gasteiger partial charge in [-0.1, -0.05) is 34.1 Å². The summed E-state index contributed by atoms with van der Waals surface area (Å²) in [6, 6.07) is 16.1. The van der Waals surface area contributed by atoms with E-state index >= 15 is 0 Å². The van der Waals surface area contributed by atoms with Crippen LogP contribution in [0.3, 0.4) is 0 Å². The smallest absolute Gasteiger partial charge is 0.410 e. The van der Waals surface area contributed by atoms with Crippen molar-refractivity contribution in [3.63, 3.8) is 0 Å². The molecule has 8 heteroatoms. The first-order chi connectivity index (χ1) is 17.0. The summed E-state index contributed by atoms with van der Waals surface area (Å²) >= 11 is 5.33. The van der Waals surface area contributed by atoms with E-state index in [1.807, 2.05) is 71.0 Å². The van der Waals surface area contributed by atoms with Gasteiger partial charge >= 0.3 is 6.09 Å². The van der Waals surface area contributed by atoms with E-state index in [0.29, 0.717) is 18.7 Å². The molecular formula is C28H32BrN3O3S. The average Bonchev–Trinajstić information content (AvgIpc) is 3.30. The Morgan fingerprint density at radius 1 is 1.14 bits per heavy atom. The van der Waals surface area contributed by atoms with Crippen molar-refractivity contribution in [3.05, 3.63) is 75.1 Å². The van der Waals surface area contributed by atoms with Crippen LogP contribution < -0.4 is 10.6 Å². The van der Waals surface area contributed by atoms with Crippen LogP contribution in [-0.2, 0) is 4.74 Å². The van der Waals surface area contributed by atoms with Crippen molar-refractivity contribution in [1.82, 2.24) is 10.2 Å². The number of thiophene rings is 1. The van der Waals surface area contributed by atoms with Crippen LogP contribution in [0, 0.1) is 6.92 Å². The number of hydrogen-bond donors (Lipinski definition) is 2. The number of rotatable bonds is 6. The fraction of sp³-hybridized carbons (Fsp3) is 0.357. The third-order valence-corrected chi connectivity index (χ3v) is 7.61. The lowest BCUT2D eigenvalue weighted by Gasteiger charge is -2.40. The summed E-state index contributed by atoms with van der Waals surface area (Å²) in [6.07, 6.45) is -0.298. The topological polar surface area (TPSA) is 70.7 Å². The molecule has 1 aromatic heterocycles. The molecule has 1 unspecified atom stereocenters. The van der Waals surface area contributed by atoms with Gasteiger partial charge in [0.15, 0.2) is 0 Å². The second kappa shape index (κ2) is 10.6. The van der Waals surface area contributed by atoms with Gasteiger partial charge in [0, 0.05) is 39.3 Å². The van der Waals surface area contributed by atoms with Crippen molar-refractivity contribution in [2.45, 2.75) is 52.3 Å². The number of carbonyl (C=O) groups is 2. The van der Waals surface area contributed by atoms with Crippen LogP contribution in [-0.4, -0.2) is 41.6 Å². The van der Waals surface area contributed by atoms with Crippen molar-refractivity contribution >= 4 is 45.0 Å². The molecule has 0 aliphatic carbocycles. The van der Waals surface area contributed by atoms with E-state index < -0.39 is 5.60 Å². The largest absolute Gasteiger partial charge is 0.444 e. The summed E-state index contributed by atoms with van der Waals surface area (Å²) in [6.45, 7) is 10.6. The predicted octanol–water partition coefficient (Wildman–Crippen LogP) is 7.01. The predicted molar refractivity (Wildman–Crippen MR) is 150 cm³/mol. The number of benzene rings is 2. The van der Waals surface area contributed by atoms with Gasteiger partial charge in [-0.05, 0) is 81.5 Å². The van der Waals surface area contributed by atoms with Crippen LogP contribution in [0.5, 0.6) is 0 Å². The molecule has 1 aliphatic rings. The van der Waals surface area contributed by atoms with Crippen LogP contribution in [0.4, 0.5) is 10.5 Å². The summed E-state index contributed by atoms with van der Waals surface area (Å²) in [5, 5.41) is 8.64. The summed E-state index contributed by atoms with van der Waals surface area (Å²) in [5.74, 6) is -0.117. The van der Waals surface area contributed by atoms with Gasteiger partial charge in [-0.3, -0.25) is 4.79 Å². The van der Waals surface area contributed by atoms with Crippen molar-refractivity contribution in [1.29, 1.82) is 0 Å². The van der Waals surface area contributed by atoms with Gasteiger partial charge in [-0.2, -0.15) is 0 Å². The number of carbonyl (C=O) groups excluding carboxylic acids is 2. The number of nitrogens with one attached hydrogen (secondary N) is 2. The lowest BCUT2D eigenvalue weighted by Crippen LogP contribution is -2.57. The first kappa shape index (κ1) is 26.2. The fourth-order valence-corrected chi connectivity index (χ4v) is 5.38. The molecule has 0 bridgehead atoms. The van der Waals surface area contributed by atoms with Crippen molar-refractivity contribution in [2.24, 2.45) is 0 Å². The van der Waals surface area contributed by atoms with E-state index in [9.17, 15) is 9.59 Å². The summed E-state index contributed by atoms with van der Waals surface area (Å²) in [4.78, 5) is 28.2. The number of anilines is 1. The molecule has 1 fully saturated rings. The van der Waals surface area contributed by atoms with Gasteiger partial charge < -0.3 is 20.3 Å². The number of amides is 2. The minimum absolute atomic E-state index is 0.117. The molecule has 4 rings (SSSR count). The molecule has 1 atom stereocenters. The Morgan fingerprint density at radius 3 is 2.56 bits per heavy atom. The first-order valence-corrected chi connectivity index (χ1v) is 13.7. The van der Waals surface area contributed by atoms with E-state index in [4.69, 9.17) is 4.74 Å².